The number of hydrogen-bond donors (Lipinski definition) is 1. The first-order valence-electron chi connectivity index (χ1n) is 10.0. The lowest BCUT2D eigenvalue weighted by Crippen LogP contribution is -2.30. The van der Waals surface area contributed by atoms with E-state index in [1.54, 1.807) is 10.6 Å². The van der Waals surface area contributed by atoms with Gasteiger partial charge in [0.05, 0.1) is 5.69 Å². The lowest BCUT2D eigenvalue weighted by atomic mass is 9.98. The van der Waals surface area contributed by atoms with E-state index in [4.69, 9.17) is 4.98 Å². The van der Waals surface area contributed by atoms with E-state index in [1.807, 2.05) is 13.0 Å². The standard InChI is InChI=1S/C23H24N4O/c1-16-22(20-11-7-9-17-8-3-4-10-19(17)20)23-24-18(14-21(28)27(23)25-16)15-26-12-5-2-6-13-26/h3-4,7-11,14,25H,2,5-6,12-13,15H2,1H3. The quantitative estimate of drug-likeness (QED) is 0.588. The van der Waals surface area contributed by atoms with Crippen molar-refractivity contribution >= 4 is 16.4 Å². The van der Waals surface area contributed by atoms with Crippen LogP contribution >= 0.6 is 0 Å². The Labute approximate surface area is 163 Å². The Balaban J connectivity index is 1.68. The van der Waals surface area contributed by atoms with Crippen LogP contribution in [0.25, 0.3) is 27.5 Å². The van der Waals surface area contributed by atoms with E-state index >= 15 is 0 Å². The molecule has 0 spiro atoms. The highest BCUT2D eigenvalue weighted by Gasteiger charge is 2.18. The first-order valence-corrected chi connectivity index (χ1v) is 10.0. The third-order valence-corrected chi connectivity index (χ3v) is 5.74. The van der Waals surface area contributed by atoms with Crippen molar-refractivity contribution in [2.45, 2.75) is 32.7 Å². The molecule has 0 unspecified atom stereocenters. The Morgan fingerprint density at radius 3 is 2.68 bits per heavy atom. The van der Waals surface area contributed by atoms with E-state index < -0.39 is 0 Å². The van der Waals surface area contributed by atoms with Crippen LogP contribution in [-0.4, -0.2) is 32.6 Å². The summed E-state index contributed by atoms with van der Waals surface area (Å²) < 4.78 is 1.58. The summed E-state index contributed by atoms with van der Waals surface area (Å²) in [4.78, 5) is 20.1. The Kier molecular flexibility index (Phi) is 4.24. The molecule has 4 aromatic rings. The number of fused-ring (bicyclic) bond motifs is 2. The summed E-state index contributed by atoms with van der Waals surface area (Å²) in [6.45, 7) is 4.92. The molecule has 5 heteroatoms. The molecular formula is C23H24N4O. The number of likely N-dealkylation sites (tertiary alicyclic amines) is 1. The van der Waals surface area contributed by atoms with Gasteiger partial charge in [-0.2, -0.15) is 0 Å². The minimum Gasteiger partial charge on any atom is -0.298 e. The zero-order valence-electron chi connectivity index (χ0n) is 16.1. The number of aryl methyl sites for hydroxylation is 1. The molecule has 2 aromatic heterocycles. The van der Waals surface area contributed by atoms with Crippen LogP contribution in [-0.2, 0) is 6.54 Å². The molecule has 5 rings (SSSR count). The van der Waals surface area contributed by atoms with Gasteiger partial charge in [0.1, 0.15) is 0 Å². The van der Waals surface area contributed by atoms with Crippen molar-refractivity contribution in [3.63, 3.8) is 0 Å². The van der Waals surface area contributed by atoms with E-state index in [0.717, 1.165) is 42.1 Å². The minimum atomic E-state index is -0.0494. The molecule has 0 radical (unpaired) electrons. The van der Waals surface area contributed by atoms with E-state index in [-0.39, 0.29) is 5.56 Å². The fourth-order valence-electron chi connectivity index (χ4n) is 4.39. The van der Waals surface area contributed by atoms with Crippen molar-refractivity contribution in [2.24, 2.45) is 0 Å². The molecule has 5 nitrogen and oxygen atoms in total. The highest BCUT2D eigenvalue weighted by Crippen LogP contribution is 2.32. The largest absolute Gasteiger partial charge is 0.298 e. The molecule has 1 aliphatic heterocycles. The van der Waals surface area contributed by atoms with E-state index in [9.17, 15) is 4.79 Å². The van der Waals surface area contributed by atoms with Crippen molar-refractivity contribution in [1.29, 1.82) is 0 Å². The lowest BCUT2D eigenvalue weighted by molar-refractivity contribution is 0.218. The molecule has 3 heterocycles. The highest BCUT2D eigenvalue weighted by atomic mass is 16.1. The maximum atomic E-state index is 12.8. The van der Waals surface area contributed by atoms with Gasteiger partial charge in [-0.15, -0.1) is 0 Å². The first-order chi connectivity index (χ1) is 13.7. The molecule has 0 bridgehead atoms. The van der Waals surface area contributed by atoms with E-state index in [1.165, 1.54) is 30.0 Å². The summed E-state index contributed by atoms with van der Waals surface area (Å²) in [6, 6.07) is 16.3. The third kappa shape index (κ3) is 2.92. The van der Waals surface area contributed by atoms with Crippen LogP contribution in [0.15, 0.2) is 53.3 Å². The molecule has 1 saturated heterocycles. The van der Waals surface area contributed by atoms with Crippen LogP contribution in [0.1, 0.15) is 30.7 Å². The van der Waals surface area contributed by atoms with Crippen molar-refractivity contribution in [1.82, 2.24) is 19.5 Å². The van der Waals surface area contributed by atoms with Gasteiger partial charge in [-0.1, -0.05) is 48.9 Å². The molecule has 2 aromatic carbocycles. The number of rotatable bonds is 3. The van der Waals surface area contributed by atoms with Crippen molar-refractivity contribution in [3.8, 4) is 11.1 Å². The monoisotopic (exact) mass is 372 g/mol. The van der Waals surface area contributed by atoms with Gasteiger partial charge in [-0.25, -0.2) is 9.50 Å². The van der Waals surface area contributed by atoms with E-state index in [0.29, 0.717) is 5.65 Å². The van der Waals surface area contributed by atoms with E-state index in [2.05, 4.69) is 46.4 Å². The third-order valence-electron chi connectivity index (χ3n) is 5.74. The van der Waals surface area contributed by atoms with Crippen LogP contribution < -0.4 is 5.56 Å². The second-order valence-corrected chi connectivity index (χ2v) is 7.72. The zero-order valence-corrected chi connectivity index (χ0v) is 16.1. The Morgan fingerprint density at radius 1 is 1.04 bits per heavy atom. The average molecular weight is 372 g/mol. The Bertz CT molecular complexity index is 1210. The smallest absolute Gasteiger partial charge is 0.272 e. The molecule has 28 heavy (non-hydrogen) atoms. The number of nitrogens with one attached hydrogen (secondary N) is 1. The molecule has 142 valence electrons. The number of hydrogen-bond acceptors (Lipinski definition) is 3. The number of aromatic nitrogens is 3. The summed E-state index contributed by atoms with van der Waals surface area (Å²) in [5, 5.41) is 5.57. The van der Waals surface area contributed by atoms with Gasteiger partial charge in [0.25, 0.3) is 5.56 Å². The lowest BCUT2D eigenvalue weighted by Gasteiger charge is -2.25. The number of benzene rings is 2. The highest BCUT2D eigenvalue weighted by molar-refractivity contribution is 6.00. The Morgan fingerprint density at radius 2 is 1.82 bits per heavy atom. The van der Waals surface area contributed by atoms with Gasteiger partial charge in [-0.3, -0.25) is 14.8 Å². The maximum absolute atomic E-state index is 12.8. The summed E-state index contributed by atoms with van der Waals surface area (Å²) in [5.74, 6) is 0. The van der Waals surface area contributed by atoms with Gasteiger partial charge in [-0.05, 0) is 49.2 Å². The molecule has 0 amide bonds. The fourth-order valence-corrected chi connectivity index (χ4v) is 4.39. The zero-order chi connectivity index (χ0) is 19.1. The van der Waals surface area contributed by atoms with Crippen molar-refractivity contribution < 1.29 is 0 Å². The van der Waals surface area contributed by atoms with Crippen LogP contribution in [0, 0.1) is 6.92 Å². The van der Waals surface area contributed by atoms with Gasteiger partial charge in [0.15, 0.2) is 5.65 Å². The summed E-state index contributed by atoms with van der Waals surface area (Å²) in [6.07, 6.45) is 3.76. The first kappa shape index (κ1) is 17.2. The normalized spacial score (nSPS) is 15.5. The maximum Gasteiger partial charge on any atom is 0.272 e. The van der Waals surface area contributed by atoms with Gasteiger partial charge < -0.3 is 0 Å². The summed E-state index contributed by atoms with van der Waals surface area (Å²) >= 11 is 0. The molecule has 1 N–H and O–H groups in total. The summed E-state index contributed by atoms with van der Waals surface area (Å²) in [7, 11) is 0. The molecular weight excluding hydrogens is 348 g/mol. The van der Waals surface area contributed by atoms with Crippen LogP contribution in [0.3, 0.4) is 0 Å². The topological polar surface area (TPSA) is 53.4 Å². The number of nitrogens with zero attached hydrogens (tertiary/aromatic N) is 3. The van der Waals surface area contributed by atoms with Crippen LogP contribution in [0.4, 0.5) is 0 Å². The SMILES string of the molecule is Cc1[nH]n2c(=O)cc(CN3CCCCC3)nc2c1-c1cccc2ccccc12. The van der Waals surface area contributed by atoms with Crippen molar-refractivity contribution in [3.05, 3.63) is 70.3 Å². The second kappa shape index (κ2) is 6.91. The van der Waals surface area contributed by atoms with Crippen LogP contribution in [0.2, 0.25) is 0 Å². The number of piperidine rings is 1. The van der Waals surface area contributed by atoms with Gasteiger partial charge in [0, 0.05) is 23.9 Å². The van der Waals surface area contributed by atoms with Gasteiger partial charge in [0.2, 0.25) is 0 Å². The molecule has 0 saturated carbocycles. The second-order valence-electron chi connectivity index (χ2n) is 7.72. The predicted octanol–water partition coefficient (Wildman–Crippen LogP) is 4.14. The van der Waals surface area contributed by atoms with Gasteiger partial charge >= 0.3 is 0 Å². The van der Waals surface area contributed by atoms with Crippen molar-refractivity contribution in [2.75, 3.05) is 13.1 Å². The average Bonchev–Trinajstić information content (AvgIpc) is 3.05. The van der Waals surface area contributed by atoms with Crippen LogP contribution in [0.5, 0.6) is 0 Å². The molecule has 1 aliphatic rings. The Hall–Kier alpha value is -2.92. The molecule has 0 aliphatic carbocycles. The number of H-pyrrole nitrogens is 1. The number of aromatic amines is 1. The predicted molar refractivity (Wildman–Crippen MR) is 113 cm³/mol. The molecule has 1 fully saturated rings. The fraction of sp³-hybridized carbons (Fsp3) is 0.304. The minimum absolute atomic E-state index is 0.0494. The summed E-state index contributed by atoms with van der Waals surface area (Å²) in [5.41, 5.74) is 4.59. The molecule has 0 atom stereocenters.